The van der Waals surface area contributed by atoms with Crippen LogP contribution in [0.15, 0.2) is 18.3 Å². The van der Waals surface area contributed by atoms with E-state index in [2.05, 4.69) is 32.0 Å². The Hall–Kier alpha value is -2.32. The van der Waals surface area contributed by atoms with Crippen molar-refractivity contribution < 1.29 is 0 Å². The molecule has 2 N–H and O–H groups in total. The maximum atomic E-state index is 6.38. The highest BCUT2D eigenvalue weighted by molar-refractivity contribution is 7.19. The Bertz CT molecular complexity index is 1000. The third kappa shape index (κ3) is 3.67. The molecule has 0 bridgehead atoms. The Labute approximate surface area is 175 Å². The van der Waals surface area contributed by atoms with Gasteiger partial charge >= 0.3 is 0 Å². The molecule has 0 spiro atoms. The van der Waals surface area contributed by atoms with Gasteiger partial charge in [0.25, 0.3) is 0 Å². The van der Waals surface area contributed by atoms with Gasteiger partial charge in [0.15, 0.2) is 5.82 Å². The molecule has 1 atom stereocenters. The van der Waals surface area contributed by atoms with E-state index in [4.69, 9.17) is 10.7 Å². The minimum Gasteiger partial charge on any atom is -0.383 e. The van der Waals surface area contributed by atoms with E-state index < -0.39 is 0 Å². The summed E-state index contributed by atoms with van der Waals surface area (Å²) in [7, 11) is 2.14. The molecule has 3 aromatic rings. The minimum atomic E-state index is 0.437. The normalized spacial score (nSPS) is 19.2. The predicted molar refractivity (Wildman–Crippen MR) is 117 cm³/mol. The number of nitrogens with two attached hydrogens (primary N) is 1. The number of rotatable bonds is 5. The Kier molecular flexibility index (Phi) is 5.05. The van der Waals surface area contributed by atoms with Crippen LogP contribution in [-0.4, -0.2) is 51.2 Å². The summed E-state index contributed by atoms with van der Waals surface area (Å²) in [6, 6.07) is 4.43. The van der Waals surface area contributed by atoms with Crippen LogP contribution in [0.25, 0.3) is 10.2 Å². The van der Waals surface area contributed by atoms with E-state index in [1.807, 2.05) is 23.5 Å². The molecule has 4 heterocycles. The van der Waals surface area contributed by atoms with E-state index in [0.717, 1.165) is 47.8 Å². The first-order valence-electron chi connectivity index (χ1n) is 10.5. The van der Waals surface area contributed by atoms with Crippen molar-refractivity contribution in [3.63, 3.8) is 0 Å². The number of anilines is 2. The lowest BCUT2D eigenvalue weighted by molar-refractivity contribution is 0.296. The summed E-state index contributed by atoms with van der Waals surface area (Å²) in [6.07, 6.45) is 8.86. The Morgan fingerprint density at radius 3 is 3.00 bits per heavy atom. The average molecular weight is 410 g/mol. The van der Waals surface area contributed by atoms with Crippen molar-refractivity contribution in [2.75, 3.05) is 30.8 Å². The fraction of sp³-hybridized carbons (Fsp3) is 0.524. The zero-order valence-corrected chi connectivity index (χ0v) is 17.7. The monoisotopic (exact) mass is 409 g/mol. The van der Waals surface area contributed by atoms with Gasteiger partial charge in [0.1, 0.15) is 16.5 Å². The standard InChI is InChI=1S/C21H27N7S/c1-27(12-14-6-5-11-28(14)18-9-4-10-23-26-18)13-17-24-20(22)19-15-7-2-3-8-16(15)29-21(19)25-17/h4,9-10,14H,2-3,5-8,11-13H2,1H3,(H2,22,24,25). The number of aromatic nitrogens is 4. The first-order chi connectivity index (χ1) is 14.2. The van der Waals surface area contributed by atoms with Crippen molar-refractivity contribution in [1.29, 1.82) is 0 Å². The first-order valence-corrected chi connectivity index (χ1v) is 11.3. The summed E-state index contributed by atoms with van der Waals surface area (Å²) < 4.78 is 0. The lowest BCUT2D eigenvalue weighted by Crippen LogP contribution is -2.39. The molecule has 3 aromatic heterocycles. The number of nitrogens with zero attached hydrogens (tertiary/aromatic N) is 6. The predicted octanol–water partition coefficient (Wildman–Crippen LogP) is 3.04. The number of hydrogen-bond acceptors (Lipinski definition) is 8. The summed E-state index contributed by atoms with van der Waals surface area (Å²) >= 11 is 1.81. The Morgan fingerprint density at radius 2 is 2.14 bits per heavy atom. The average Bonchev–Trinajstić information content (AvgIpc) is 3.32. The van der Waals surface area contributed by atoms with Crippen molar-refractivity contribution in [3.05, 3.63) is 34.6 Å². The highest BCUT2D eigenvalue weighted by Gasteiger charge is 2.27. The number of aryl methyl sites for hydroxylation is 2. The molecule has 2 aliphatic rings. The number of fused-ring (bicyclic) bond motifs is 3. The van der Waals surface area contributed by atoms with E-state index in [9.17, 15) is 0 Å². The maximum Gasteiger partial charge on any atom is 0.151 e. The molecule has 0 radical (unpaired) electrons. The zero-order chi connectivity index (χ0) is 19.8. The third-order valence-corrected chi connectivity index (χ3v) is 7.24. The van der Waals surface area contributed by atoms with Gasteiger partial charge in [-0.05, 0) is 63.3 Å². The lowest BCUT2D eigenvalue weighted by Gasteiger charge is -2.28. The molecular formula is C21H27N7S. The number of nitrogen functional groups attached to an aromatic ring is 1. The first kappa shape index (κ1) is 18.7. The minimum absolute atomic E-state index is 0.437. The maximum absolute atomic E-state index is 6.38. The van der Waals surface area contributed by atoms with E-state index in [1.54, 1.807) is 6.20 Å². The van der Waals surface area contributed by atoms with Crippen LogP contribution in [0, 0.1) is 0 Å². The molecule has 1 saturated heterocycles. The second-order valence-corrected chi connectivity index (χ2v) is 9.27. The van der Waals surface area contributed by atoms with Gasteiger partial charge in [-0.25, -0.2) is 9.97 Å². The molecule has 7 nitrogen and oxygen atoms in total. The van der Waals surface area contributed by atoms with Crippen LogP contribution in [0.1, 0.15) is 41.9 Å². The van der Waals surface area contributed by atoms with Crippen LogP contribution >= 0.6 is 11.3 Å². The molecule has 0 aromatic carbocycles. The van der Waals surface area contributed by atoms with Crippen molar-refractivity contribution in [3.8, 4) is 0 Å². The fourth-order valence-electron chi connectivity index (χ4n) is 4.74. The van der Waals surface area contributed by atoms with Gasteiger partial charge in [0.05, 0.1) is 11.9 Å². The fourth-order valence-corrected chi connectivity index (χ4v) is 6.03. The molecular weight excluding hydrogens is 382 g/mol. The van der Waals surface area contributed by atoms with Gasteiger partial charge in [-0.15, -0.1) is 16.4 Å². The number of likely N-dealkylation sites (N-methyl/N-ethyl adjacent to an activating group) is 1. The quantitative estimate of drug-likeness (QED) is 0.693. The van der Waals surface area contributed by atoms with Crippen LogP contribution in [-0.2, 0) is 19.4 Å². The second-order valence-electron chi connectivity index (χ2n) is 8.18. The summed E-state index contributed by atoms with van der Waals surface area (Å²) in [5, 5.41) is 9.45. The van der Waals surface area contributed by atoms with Crippen molar-refractivity contribution in [2.24, 2.45) is 0 Å². The molecule has 152 valence electrons. The van der Waals surface area contributed by atoms with Gasteiger partial charge in [-0.1, -0.05) is 0 Å². The molecule has 1 unspecified atom stereocenters. The van der Waals surface area contributed by atoms with Crippen LogP contribution in [0.4, 0.5) is 11.6 Å². The molecule has 8 heteroatoms. The van der Waals surface area contributed by atoms with E-state index >= 15 is 0 Å². The molecule has 1 fully saturated rings. The summed E-state index contributed by atoms with van der Waals surface area (Å²) in [4.78, 5) is 16.7. The largest absolute Gasteiger partial charge is 0.383 e. The van der Waals surface area contributed by atoms with Crippen molar-refractivity contribution in [1.82, 2.24) is 25.1 Å². The van der Waals surface area contributed by atoms with Crippen molar-refractivity contribution >= 4 is 33.2 Å². The van der Waals surface area contributed by atoms with E-state index in [-0.39, 0.29) is 0 Å². The third-order valence-electron chi connectivity index (χ3n) is 6.05. The zero-order valence-electron chi connectivity index (χ0n) is 16.8. The van der Waals surface area contributed by atoms with Crippen LogP contribution in [0.5, 0.6) is 0 Å². The molecule has 5 rings (SSSR count). The lowest BCUT2D eigenvalue weighted by atomic mass is 9.97. The molecule has 0 saturated carbocycles. The Morgan fingerprint density at radius 1 is 1.24 bits per heavy atom. The van der Waals surface area contributed by atoms with E-state index in [0.29, 0.717) is 18.4 Å². The highest BCUT2D eigenvalue weighted by Crippen LogP contribution is 2.37. The van der Waals surface area contributed by atoms with Gasteiger partial charge in [-0.2, -0.15) is 5.10 Å². The summed E-state index contributed by atoms with van der Waals surface area (Å²) in [5.74, 6) is 2.44. The van der Waals surface area contributed by atoms with E-state index in [1.165, 1.54) is 36.1 Å². The van der Waals surface area contributed by atoms with Gasteiger partial charge in [-0.3, -0.25) is 4.90 Å². The molecule has 1 aliphatic carbocycles. The summed E-state index contributed by atoms with van der Waals surface area (Å²) in [5.41, 5.74) is 7.78. The van der Waals surface area contributed by atoms with Crippen molar-refractivity contribution in [2.45, 2.75) is 51.1 Å². The van der Waals surface area contributed by atoms with Gasteiger partial charge in [0.2, 0.25) is 0 Å². The molecule has 0 amide bonds. The van der Waals surface area contributed by atoms with Gasteiger partial charge < -0.3 is 10.6 Å². The molecule has 1 aliphatic heterocycles. The SMILES string of the molecule is CN(Cc1nc(N)c2c3c(sc2n1)CCCC3)CC1CCCN1c1cccnn1. The topological polar surface area (TPSA) is 84.1 Å². The second kappa shape index (κ2) is 7.84. The van der Waals surface area contributed by atoms with Crippen LogP contribution in [0.3, 0.4) is 0 Å². The Balaban J connectivity index is 1.31. The smallest absolute Gasteiger partial charge is 0.151 e. The number of hydrogen-bond donors (Lipinski definition) is 1. The number of thiophene rings is 1. The van der Waals surface area contributed by atoms with Crippen LogP contribution < -0.4 is 10.6 Å². The highest BCUT2D eigenvalue weighted by atomic mass is 32.1. The summed E-state index contributed by atoms with van der Waals surface area (Å²) in [6.45, 7) is 2.68. The van der Waals surface area contributed by atoms with Gasteiger partial charge in [0, 0.05) is 30.2 Å². The molecule has 29 heavy (non-hydrogen) atoms. The van der Waals surface area contributed by atoms with Crippen LogP contribution in [0.2, 0.25) is 0 Å².